The molecule has 2 aromatic rings. The van der Waals surface area contributed by atoms with E-state index in [4.69, 9.17) is 10.8 Å². The zero-order chi connectivity index (χ0) is 23.3. The van der Waals surface area contributed by atoms with Gasteiger partial charge in [-0.15, -0.1) is 0 Å². The minimum atomic E-state index is -1.51. The highest BCUT2D eigenvalue weighted by Crippen LogP contribution is 2.21. The number of nitrogens with one attached hydrogen (secondary N) is 3. The summed E-state index contributed by atoms with van der Waals surface area (Å²) in [6.07, 6.45) is 2.87. The van der Waals surface area contributed by atoms with Gasteiger partial charge in [-0.2, -0.15) is 0 Å². The Balaban J connectivity index is 1.82. The third-order valence-electron chi connectivity index (χ3n) is 5.58. The first-order valence-electron chi connectivity index (χ1n) is 10.3. The number of aliphatic hydroxyl groups excluding tert-OH is 1. The van der Waals surface area contributed by atoms with Gasteiger partial charge in [-0.3, -0.25) is 14.4 Å². The molecule has 0 spiro atoms. The minimum absolute atomic E-state index is 0.0803. The zero-order valence-corrected chi connectivity index (χ0v) is 17.4. The Morgan fingerprint density at radius 1 is 1.19 bits per heavy atom. The number of nitrogens with two attached hydrogens (primary N) is 1. The molecule has 11 nitrogen and oxygen atoms in total. The van der Waals surface area contributed by atoms with Crippen molar-refractivity contribution in [2.45, 2.75) is 37.4 Å². The van der Waals surface area contributed by atoms with Crippen LogP contribution in [0.25, 0.3) is 10.9 Å². The third kappa shape index (κ3) is 5.06. The average Bonchev–Trinajstić information content (AvgIpc) is 3.43. The van der Waals surface area contributed by atoms with Gasteiger partial charge in [0.1, 0.15) is 18.1 Å². The van der Waals surface area contributed by atoms with Crippen LogP contribution in [0.15, 0.2) is 30.5 Å². The number of fused-ring (bicyclic) bond motifs is 1. The lowest BCUT2D eigenvalue weighted by Crippen LogP contribution is -2.56. The van der Waals surface area contributed by atoms with Gasteiger partial charge in [0.05, 0.1) is 13.2 Å². The first-order chi connectivity index (χ1) is 15.3. The summed E-state index contributed by atoms with van der Waals surface area (Å²) < 4.78 is 0. The van der Waals surface area contributed by atoms with E-state index < -0.39 is 42.5 Å². The van der Waals surface area contributed by atoms with Gasteiger partial charge >= 0.3 is 5.97 Å². The molecule has 172 valence electrons. The second-order valence-electron chi connectivity index (χ2n) is 7.66. The topological polar surface area (TPSA) is 178 Å². The van der Waals surface area contributed by atoms with Crippen LogP contribution in [0.2, 0.25) is 0 Å². The standard InChI is InChI=1S/C21H27N5O6/c22-9-18(28)26-7-3-6-17(26)20(30)24-15(19(29)25-16(11-27)21(31)32)8-12-10-23-14-5-2-1-4-13(12)14/h1-2,4-5,10,15-17,23,27H,3,6-9,11,22H2,(H,24,30)(H,25,29)(H,31,32). The molecule has 1 fully saturated rings. The van der Waals surface area contributed by atoms with E-state index in [9.17, 15) is 24.3 Å². The van der Waals surface area contributed by atoms with Gasteiger partial charge in [0, 0.05) is 30.1 Å². The lowest BCUT2D eigenvalue weighted by Gasteiger charge is -2.26. The van der Waals surface area contributed by atoms with E-state index in [1.807, 2.05) is 24.3 Å². The lowest BCUT2D eigenvalue weighted by atomic mass is 10.0. The quantitative estimate of drug-likeness (QED) is 0.278. The van der Waals surface area contributed by atoms with Gasteiger partial charge in [-0.1, -0.05) is 18.2 Å². The van der Waals surface area contributed by atoms with E-state index in [1.54, 1.807) is 6.20 Å². The first kappa shape index (κ1) is 23.2. The molecule has 1 aliphatic rings. The number of aromatic nitrogens is 1. The van der Waals surface area contributed by atoms with Crippen LogP contribution in [-0.4, -0.2) is 81.6 Å². The van der Waals surface area contributed by atoms with E-state index in [0.717, 1.165) is 16.5 Å². The lowest BCUT2D eigenvalue weighted by molar-refractivity contribution is -0.143. The number of carboxylic acid groups (broad SMARTS) is 1. The predicted molar refractivity (Wildman–Crippen MR) is 114 cm³/mol. The van der Waals surface area contributed by atoms with Crippen molar-refractivity contribution >= 4 is 34.6 Å². The number of carboxylic acids is 1. The van der Waals surface area contributed by atoms with Crippen LogP contribution in [0.5, 0.6) is 0 Å². The second-order valence-corrected chi connectivity index (χ2v) is 7.66. The Morgan fingerprint density at radius 3 is 2.62 bits per heavy atom. The number of aliphatic carboxylic acids is 1. The molecule has 0 saturated carbocycles. The highest BCUT2D eigenvalue weighted by molar-refractivity contribution is 5.94. The fourth-order valence-electron chi connectivity index (χ4n) is 3.91. The van der Waals surface area contributed by atoms with Gasteiger partial charge in [0.25, 0.3) is 0 Å². The number of likely N-dealkylation sites (tertiary alicyclic amines) is 1. The summed E-state index contributed by atoms with van der Waals surface area (Å²) in [6, 6.07) is 4.05. The summed E-state index contributed by atoms with van der Waals surface area (Å²) in [6.45, 7) is -0.616. The molecule has 0 bridgehead atoms. The van der Waals surface area contributed by atoms with E-state index in [0.29, 0.717) is 19.4 Å². The maximum atomic E-state index is 13.0. The summed E-state index contributed by atoms with van der Waals surface area (Å²) in [5.41, 5.74) is 7.03. The van der Waals surface area contributed by atoms with Crippen molar-refractivity contribution in [3.8, 4) is 0 Å². The summed E-state index contributed by atoms with van der Waals surface area (Å²) in [4.78, 5) is 53.6. The predicted octanol–water partition coefficient (Wildman–Crippen LogP) is -1.29. The molecular weight excluding hydrogens is 418 g/mol. The molecular formula is C21H27N5O6. The molecule has 1 aromatic heterocycles. The molecule has 11 heteroatoms. The number of hydrogen-bond acceptors (Lipinski definition) is 6. The number of amides is 3. The summed E-state index contributed by atoms with van der Waals surface area (Å²) in [5.74, 6) is -3.01. The molecule has 0 radical (unpaired) electrons. The maximum absolute atomic E-state index is 13.0. The Bertz CT molecular complexity index is 1010. The molecule has 32 heavy (non-hydrogen) atoms. The summed E-state index contributed by atoms with van der Waals surface area (Å²) in [5, 5.41) is 24.2. The number of rotatable bonds is 9. The van der Waals surface area contributed by atoms with Gasteiger partial charge in [-0.25, -0.2) is 4.79 Å². The molecule has 2 heterocycles. The Hall–Kier alpha value is -3.44. The van der Waals surface area contributed by atoms with E-state index >= 15 is 0 Å². The van der Waals surface area contributed by atoms with Crippen LogP contribution in [0, 0.1) is 0 Å². The number of hydrogen-bond donors (Lipinski definition) is 6. The first-order valence-corrected chi connectivity index (χ1v) is 10.3. The Morgan fingerprint density at radius 2 is 1.94 bits per heavy atom. The molecule has 3 amide bonds. The highest BCUT2D eigenvalue weighted by Gasteiger charge is 2.36. The molecule has 3 rings (SSSR count). The van der Waals surface area contributed by atoms with Gasteiger partial charge in [0.2, 0.25) is 17.7 Å². The number of carbonyl (C=O) groups is 4. The van der Waals surface area contributed by atoms with E-state index in [-0.39, 0.29) is 18.9 Å². The van der Waals surface area contributed by atoms with Crippen molar-refractivity contribution in [2.24, 2.45) is 5.73 Å². The fraction of sp³-hybridized carbons (Fsp3) is 0.429. The Labute approximate surface area is 183 Å². The van der Waals surface area contributed by atoms with Crippen molar-refractivity contribution in [1.29, 1.82) is 0 Å². The highest BCUT2D eigenvalue weighted by atomic mass is 16.4. The SMILES string of the molecule is NCC(=O)N1CCCC1C(=O)NC(Cc1c[nH]c2ccccc12)C(=O)NC(CO)C(=O)O. The molecule has 1 aromatic carbocycles. The van der Waals surface area contributed by atoms with Crippen molar-refractivity contribution < 1.29 is 29.4 Å². The maximum Gasteiger partial charge on any atom is 0.328 e. The van der Waals surface area contributed by atoms with Crippen molar-refractivity contribution in [3.63, 3.8) is 0 Å². The molecule has 3 unspecified atom stereocenters. The number of H-pyrrole nitrogens is 1. The van der Waals surface area contributed by atoms with Gasteiger partial charge < -0.3 is 36.5 Å². The number of carbonyl (C=O) groups excluding carboxylic acids is 3. The monoisotopic (exact) mass is 445 g/mol. The largest absolute Gasteiger partial charge is 0.480 e. The van der Waals surface area contributed by atoms with E-state index in [1.165, 1.54) is 4.90 Å². The average molecular weight is 445 g/mol. The molecule has 3 atom stereocenters. The number of aliphatic hydroxyl groups is 1. The normalized spacial score (nSPS) is 17.7. The molecule has 1 saturated heterocycles. The van der Waals surface area contributed by atoms with Crippen LogP contribution < -0.4 is 16.4 Å². The number of para-hydroxylation sites is 1. The van der Waals surface area contributed by atoms with Crippen LogP contribution in [0.4, 0.5) is 0 Å². The van der Waals surface area contributed by atoms with Gasteiger partial charge in [-0.05, 0) is 24.5 Å². The van der Waals surface area contributed by atoms with Crippen LogP contribution in [-0.2, 0) is 25.6 Å². The van der Waals surface area contributed by atoms with Crippen molar-refractivity contribution in [1.82, 2.24) is 20.5 Å². The minimum Gasteiger partial charge on any atom is -0.480 e. The number of aromatic amines is 1. The number of nitrogens with zero attached hydrogens (tertiary/aromatic N) is 1. The zero-order valence-electron chi connectivity index (χ0n) is 17.4. The van der Waals surface area contributed by atoms with Gasteiger partial charge in [0.15, 0.2) is 0 Å². The number of benzene rings is 1. The molecule has 7 N–H and O–H groups in total. The fourth-order valence-corrected chi connectivity index (χ4v) is 3.91. The smallest absolute Gasteiger partial charge is 0.328 e. The van der Waals surface area contributed by atoms with E-state index in [2.05, 4.69) is 15.6 Å². The molecule has 1 aliphatic heterocycles. The molecule has 0 aliphatic carbocycles. The summed E-state index contributed by atoms with van der Waals surface area (Å²) >= 11 is 0. The second kappa shape index (κ2) is 10.2. The van der Waals surface area contributed by atoms with Crippen LogP contribution in [0.1, 0.15) is 18.4 Å². The Kier molecular flexibility index (Phi) is 7.44. The third-order valence-corrected chi connectivity index (χ3v) is 5.58. The van der Waals surface area contributed by atoms with Crippen molar-refractivity contribution in [2.75, 3.05) is 19.7 Å². The van der Waals surface area contributed by atoms with Crippen LogP contribution in [0.3, 0.4) is 0 Å². The van der Waals surface area contributed by atoms with Crippen LogP contribution >= 0.6 is 0 Å². The summed E-state index contributed by atoms with van der Waals surface area (Å²) in [7, 11) is 0. The van der Waals surface area contributed by atoms with Crippen molar-refractivity contribution in [3.05, 3.63) is 36.0 Å².